The van der Waals surface area contributed by atoms with Crippen molar-refractivity contribution >= 4 is 34.0 Å². The Bertz CT molecular complexity index is 583. The molecule has 4 nitrogen and oxygen atoms in total. The zero-order valence-electron chi connectivity index (χ0n) is 11.0. The molecule has 0 bridgehead atoms. The van der Waals surface area contributed by atoms with E-state index in [0.717, 1.165) is 5.56 Å². The highest BCUT2D eigenvalue weighted by Gasteiger charge is 2.25. The second-order valence-electron chi connectivity index (χ2n) is 4.25. The summed E-state index contributed by atoms with van der Waals surface area (Å²) >= 11 is 7.18. The Hall–Kier alpha value is -1.59. The van der Waals surface area contributed by atoms with E-state index in [2.05, 4.69) is 4.98 Å². The molecule has 1 atom stereocenters. The summed E-state index contributed by atoms with van der Waals surface area (Å²) in [5.41, 5.74) is 7.29. The van der Waals surface area contributed by atoms with Crippen LogP contribution in [0.4, 0.5) is 5.13 Å². The van der Waals surface area contributed by atoms with Gasteiger partial charge in [0.15, 0.2) is 5.13 Å². The van der Waals surface area contributed by atoms with Crippen molar-refractivity contribution in [3.8, 4) is 0 Å². The molecule has 0 aliphatic rings. The molecule has 1 aromatic carbocycles. The van der Waals surface area contributed by atoms with E-state index in [1.54, 1.807) is 24.4 Å². The van der Waals surface area contributed by atoms with Crippen molar-refractivity contribution in [2.24, 2.45) is 0 Å². The van der Waals surface area contributed by atoms with Crippen LogP contribution in [0, 0.1) is 0 Å². The normalized spacial score (nSPS) is 12.1. The van der Waals surface area contributed by atoms with Gasteiger partial charge in [-0.05, 0) is 31.0 Å². The van der Waals surface area contributed by atoms with E-state index in [1.807, 2.05) is 12.1 Å². The van der Waals surface area contributed by atoms with Gasteiger partial charge in [0, 0.05) is 10.4 Å². The summed E-state index contributed by atoms with van der Waals surface area (Å²) in [5.74, 6) is -0.725. The Morgan fingerprint density at radius 2 is 2.15 bits per heavy atom. The van der Waals surface area contributed by atoms with Crippen molar-refractivity contribution in [2.45, 2.75) is 19.3 Å². The molecule has 0 radical (unpaired) electrons. The maximum Gasteiger partial charge on any atom is 0.315 e. The first-order chi connectivity index (χ1) is 9.60. The van der Waals surface area contributed by atoms with Crippen LogP contribution in [-0.2, 0) is 16.0 Å². The minimum atomic E-state index is -0.440. The summed E-state index contributed by atoms with van der Waals surface area (Å²) in [6, 6.07) is 7.39. The molecular formula is C14H15ClN2O2S. The van der Waals surface area contributed by atoms with E-state index in [4.69, 9.17) is 22.1 Å². The lowest BCUT2D eigenvalue weighted by Crippen LogP contribution is -2.18. The second-order valence-corrected chi connectivity index (χ2v) is 5.57. The van der Waals surface area contributed by atoms with Crippen molar-refractivity contribution in [2.75, 3.05) is 12.3 Å². The Labute approximate surface area is 126 Å². The molecule has 1 unspecified atom stereocenters. The molecule has 0 aliphatic heterocycles. The van der Waals surface area contributed by atoms with Crippen LogP contribution in [0.1, 0.15) is 24.1 Å². The average Bonchev–Trinajstić information content (AvgIpc) is 2.84. The Morgan fingerprint density at radius 3 is 2.70 bits per heavy atom. The van der Waals surface area contributed by atoms with E-state index in [-0.39, 0.29) is 5.97 Å². The van der Waals surface area contributed by atoms with Gasteiger partial charge in [-0.15, -0.1) is 11.3 Å². The fourth-order valence-corrected chi connectivity index (χ4v) is 2.61. The standard InChI is InChI=1S/C14H15ClN2O2S/c1-2-19-13(18)11(12-8-20-14(16)17-12)7-9-3-5-10(15)6-4-9/h3-6,8,11H,2,7H2,1H3,(H2,16,17). The Kier molecular flexibility index (Phi) is 4.98. The highest BCUT2D eigenvalue weighted by molar-refractivity contribution is 7.13. The minimum absolute atomic E-state index is 0.284. The van der Waals surface area contributed by atoms with Gasteiger partial charge in [0.05, 0.1) is 12.3 Å². The number of esters is 1. The molecular weight excluding hydrogens is 296 g/mol. The largest absolute Gasteiger partial charge is 0.465 e. The lowest BCUT2D eigenvalue weighted by molar-refractivity contribution is -0.145. The molecule has 1 aromatic heterocycles. The number of aromatic nitrogens is 1. The van der Waals surface area contributed by atoms with E-state index in [0.29, 0.717) is 28.9 Å². The van der Waals surface area contributed by atoms with Crippen LogP contribution in [0.5, 0.6) is 0 Å². The first-order valence-electron chi connectivity index (χ1n) is 6.22. The number of hydrogen-bond donors (Lipinski definition) is 1. The molecule has 20 heavy (non-hydrogen) atoms. The maximum absolute atomic E-state index is 12.1. The van der Waals surface area contributed by atoms with Crippen molar-refractivity contribution in [3.05, 3.63) is 45.9 Å². The third-order valence-corrected chi connectivity index (χ3v) is 3.77. The van der Waals surface area contributed by atoms with Gasteiger partial charge in [0.2, 0.25) is 0 Å². The number of carbonyl (C=O) groups excluding carboxylic acids is 1. The number of anilines is 1. The average molecular weight is 311 g/mol. The third-order valence-electron chi connectivity index (χ3n) is 2.82. The van der Waals surface area contributed by atoms with Crippen LogP contribution in [0.3, 0.4) is 0 Å². The number of nitrogens with zero attached hydrogens (tertiary/aromatic N) is 1. The summed E-state index contributed by atoms with van der Waals surface area (Å²) in [5, 5.41) is 2.91. The molecule has 2 aromatic rings. The molecule has 6 heteroatoms. The van der Waals surface area contributed by atoms with Crippen molar-refractivity contribution in [3.63, 3.8) is 0 Å². The molecule has 1 heterocycles. The summed E-state index contributed by atoms with van der Waals surface area (Å²) in [7, 11) is 0. The summed E-state index contributed by atoms with van der Waals surface area (Å²) in [6.07, 6.45) is 0.513. The number of nitrogens with two attached hydrogens (primary N) is 1. The predicted octanol–water partition coefficient (Wildman–Crippen LogP) is 3.27. The molecule has 106 valence electrons. The number of nitrogen functional groups attached to an aromatic ring is 1. The smallest absolute Gasteiger partial charge is 0.315 e. The van der Waals surface area contributed by atoms with E-state index in [1.165, 1.54) is 11.3 Å². The number of ether oxygens (including phenoxy) is 1. The molecule has 0 spiro atoms. The SMILES string of the molecule is CCOC(=O)C(Cc1ccc(Cl)cc1)c1csc(N)n1. The quantitative estimate of drug-likeness (QED) is 0.861. The van der Waals surface area contributed by atoms with Gasteiger partial charge in [-0.1, -0.05) is 23.7 Å². The lowest BCUT2D eigenvalue weighted by atomic mass is 9.97. The summed E-state index contributed by atoms with van der Waals surface area (Å²) < 4.78 is 5.12. The first kappa shape index (κ1) is 14.8. The summed E-state index contributed by atoms with van der Waals surface area (Å²) in [6.45, 7) is 2.13. The van der Waals surface area contributed by atoms with Gasteiger partial charge in [-0.2, -0.15) is 0 Å². The number of thiazole rings is 1. The zero-order valence-corrected chi connectivity index (χ0v) is 12.6. The predicted molar refractivity (Wildman–Crippen MR) is 81.1 cm³/mol. The fourth-order valence-electron chi connectivity index (χ4n) is 1.87. The minimum Gasteiger partial charge on any atom is -0.465 e. The molecule has 0 amide bonds. The number of hydrogen-bond acceptors (Lipinski definition) is 5. The van der Waals surface area contributed by atoms with E-state index < -0.39 is 5.92 Å². The second kappa shape index (κ2) is 6.72. The topological polar surface area (TPSA) is 65.2 Å². The van der Waals surface area contributed by atoms with E-state index >= 15 is 0 Å². The van der Waals surface area contributed by atoms with Gasteiger partial charge >= 0.3 is 5.97 Å². The molecule has 0 fully saturated rings. The third kappa shape index (κ3) is 3.71. The van der Waals surface area contributed by atoms with Crippen molar-refractivity contribution in [1.29, 1.82) is 0 Å². The Morgan fingerprint density at radius 1 is 1.45 bits per heavy atom. The van der Waals surface area contributed by atoms with Crippen LogP contribution >= 0.6 is 22.9 Å². The number of rotatable bonds is 5. The number of halogens is 1. The maximum atomic E-state index is 12.1. The van der Waals surface area contributed by atoms with Crippen LogP contribution in [0.2, 0.25) is 5.02 Å². The number of benzene rings is 1. The van der Waals surface area contributed by atoms with Crippen molar-refractivity contribution in [1.82, 2.24) is 4.98 Å². The van der Waals surface area contributed by atoms with Crippen LogP contribution in [0.15, 0.2) is 29.6 Å². The molecule has 2 rings (SSSR count). The van der Waals surface area contributed by atoms with Crippen LogP contribution in [-0.4, -0.2) is 17.6 Å². The molecule has 0 aliphatic carbocycles. The van der Waals surface area contributed by atoms with Gasteiger partial charge in [0.1, 0.15) is 5.92 Å². The highest BCUT2D eigenvalue weighted by Crippen LogP contribution is 2.25. The van der Waals surface area contributed by atoms with E-state index in [9.17, 15) is 4.79 Å². The molecule has 2 N–H and O–H groups in total. The van der Waals surface area contributed by atoms with Gasteiger partial charge in [0.25, 0.3) is 0 Å². The first-order valence-corrected chi connectivity index (χ1v) is 7.48. The van der Waals surface area contributed by atoms with Crippen LogP contribution < -0.4 is 5.73 Å². The lowest BCUT2D eigenvalue weighted by Gasteiger charge is -2.13. The monoisotopic (exact) mass is 310 g/mol. The molecule has 0 saturated carbocycles. The molecule has 0 saturated heterocycles. The van der Waals surface area contributed by atoms with Gasteiger partial charge < -0.3 is 10.5 Å². The number of carbonyl (C=O) groups is 1. The van der Waals surface area contributed by atoms with Gasteiger partial charge in [-0.25, -0.2) is 4.98 Å². The van der Waals surface area contributed by atoms with Gasteiger partial charge in [-0.3, -0.25) is 4.79 Å². The zero-order chi connectivity index (χ0) is 14.5. The fraction of sp³-hybridized carbons (Fsp3) is 0.286. The Balaban J connectivity index is 2.22. The van der Waals surface area contributed by atoms with Crippen LogP contribution in [0.25, 0.3) is 0 Å². The summed E-state index contributed by atoms with van der Waals surface area (Å²) in [4.78, 5) is 16.3. The van der Waals surface area contributed by atoms with Crippen molar-refractivity contribution < 1.29 is 9.53 Å². The highest BCUT2D eigenvalue weighted by atomic mass is 35.5.